The van der Waals surface area contributed by atoms with Crippen molar-refractivity contribution >= 4 is 50.7 Å². The number of nitrogens with two attached hydrogens (primary N) is 1. The molecular weight excluding hydrogens is 316 g/mol. The number of hydrogen-bond donors (Lipinski definition) is 2. The summed E-state index contributed by atoms with van der Waals surface area (Å²) in [6.45, 7) is 1.82. The van der Waals surface area contributed by atoms with Crippen LogP contribution in [-0.4, -0.2) is 21.1 Å². The maximum Gasteiger partial charge on any atom is 0.237 e. The molecule has 3 rings (SSSR count). The van der Waals surface area contributed by atoms with Crippen molar-refractivity contribution in [1.82, 2.24) is 9.97 Å². The average molecular weight is 330 g/mol. The first-order valence-corrected chi connectivity index (χ1v) is 8.42. The third-order valence-corrected chi connectivity index (χ3v) is 4.79. The average Bonchev–Trinajstić information content (AvgIpc) is 2.97. The lowest BCUT2D eigenvalue weighted by atomic mass is 10.3. The second-order valence-electron chi connectivity index (χ2n) is 4.65. The first-order chi connectivity index (χ1) is 10.6. The number of fused-ring (bicyclic) bond motifs is 1. The second kappa shape index (κ2) is 6.33. The molecular formula is C15H14N4OS2. The molecule has 0 spiro atoms. The van der Waals surface area contributed by atoms with E-state index in [1.165, 1.54) is 23.1 Å². The van der Waals surface area contributed by atoms with E-state index in [1.807, 2.05) is 48.7 Å². The van der Waals surface area contributed by atoms with Crippen LogP contribution in [0.4, 0.5) is 11.5 Å². The van der Waals surface area contributed by atoms with E-state index in [2.05, 4.69) is 15.3 Å². The van der Waals surface area contributed by atoms with Crippen molar-refractivity contribution < 1.29 is 4.79 Å². The zero-order valence-electron chi connectivity index (χ0n) is 11.8. The van der Waals surface area contributed by atoms with Crippen LogP contribution in [-0.2, 0) is 4.79 Å². The zero-order valence-corrected chi connectivity index (χ0v) is 13.4. The SMILES string of the molecule is C[C@H](Sc1nc(N)c2ccsc2n1)C(=O)Nc1ccccc1. The highest BCUT2D eigenvalue weighted by Gasteiger charge is 2.17. The van der Waals surface area contributed by atoms with Gasteiger partial charge in [0, 0.05) is 5.69 Å². The number of nitrogens with zero attached hydrogens (tertiary/aromatic N) is 2. The fourth-order valence-corrected chi connectivity index (χ4v) is 3.49. The Labute approximate surface area is 136 Å². The molecule has 0 radical (unpaired) electrons. The number of nitrogens with one attached hydrogen (secondary N) is 1. The Morgan fingerprint density at radius 1 is 1.27 bits per heavy atom. The van der Waals surface area contributed by atoms with Crippen LogP contribution in [0.1, 0.15) is 6.92 Å². The lowest BCUT2D eigenvalue weighted by molar-refractivity contribution is -0.115. The molecule has 1 aromatic carbocycles. The Kier molecular flexibility index (Phi) is 4.26. The molecule has 2 heterocycles. The molecule has 0 saturated carbocycles. The quantitative estimate of drug-likeness (QED) is 0.566. The van der Waals surface area contributed by atoms with Gasteiger partial charge in [0.15, 0.2) is 5.16 Å². The van der Waals surface area contributed by atoms with E-state index in [1.54, 1.807) is 0 Å². The normalized spacial score (nSPS) is 12.2. The van der Waals surface area contributed by atoms with Gasteiger partial charge in [0.05, 0.1) is 10.6 Å². The van der Waals surface area contributed by atoms with Gasteiger partial charge >= 0.3 is 0 Å². The van der Waals surface area contributed by atoms with E-state index in [-0.39, 0.29) is 11.2 Å². The first kappa shape index (κ1) is 14.8. The van der Waals surface area contributed by atoms with Crippen molar-refractivity contribution in [3.63, 3.8) is 0 Å². The number of amides is 1. The van der Waals surface area contributed by atoms with Gasteiger partial charge in [-0.2, -0.15) is 0 Å². The number of thioether (sulfide) groups is 1. The van der Waals surface area contributed by atoms with E-state index in [0.29, 0.717) is 11.0 Å². The number of hydrogen-bond acceptors (Lipinski definition) is 6. The largest absolute Gasteiger partial charge is 0.383 e. The highest BCUT2D eigenvalue weighted by molar-refractivity contribution is 8.00. The molecule has 0 aliphatic carbocycles. The van der Waals surface area contributed by atoms with Crippen LogP contribution in [0.15, 0.2) is 46.9 Å². The Hall–Kier alpha value is -2.12. The minimum absolute atomic E-state index is 0.0929. The Morgan fingerprint density at radius 3 is 2.82 bits per heavy atom. The molecule has 112 valence electrons. The molecule has 0 aliphatic heterocycles. The van der Waals surface area contributed by atoms with E-state index in [9.17, 15) is 4.79 Å². The van der Waals surface area contributed by atoms with Gasteiger partial charge in [-0.25, -0.2) is 9.97 Å². The van der Waals surface area contributed by atoms with Crippen LogP contribution in [0, 0.1) is 0 Å². The van der Waals surface area contributed by atoms with Crippen LogP contribution < -0.4 is 11.1 Å². The molecule has 0 aliphatic rings. The molecule has 3 aromatic rings. The Balaban J connectivity index is 1.72. The summed E-state index contributed by atoms with van der Waals surface area (Å²) in [5, 5.41) is 5.84. The third-order valence-electron chi connectivity index (χ3n) is 3.03. The van der Waals surface area contributed by atoms with Crippen LogP contribution in [0.25, 0.3) is 10.2 Å². The van der Waals surface area contributed by atoms with Crippen molar-refractivity contribution in [2.24, 2.45) is 0 Å². The molecule has 1 amide bonds. The number of rotatable bonds is 4. The number of para-hydroxylation sites is 1. The number of anilines is 2. The lowest BCUT2D eigenvalue weighted by Crippen LogP contribution is -2.22. The number of aromatic nitrogens is 2. The first-order valence-electron chi connectivity index (χ1n) is 6.67. The predicted octanol–water partition coefficient (Wildman–Crippen LogP) is 3.39. The summed E-state index contributed by atoms with van der Waals surface area (Å²) in [6.07, 6.45) is 0. The highest BCUT2D eigenvalue weighted by Crippen LogP contribution is 2.28. The van der Waals surface area contributed by atoms with Crippen molar-refractivity contribution in [2.45, 2.75) is 17.3 Å². The van der Waals surface area contributed by atoms with E-state index >= 15 is 0 Å². The van der Waals surface area contributed by atoms with Crippen LogP contribution in [0.5, 0.6) is 0 Å². The standard InChI is InChI=1S/C15H14N4OS2/c1-9(13(20)17-10-5-3-2-4-6-10)22-15-18-12(16)11-7-8-21-14(11)19-15/h2-9H,1H3,(H,17,20)(H2,16,18,19)/t9-/m0/s1. The second-order valence-corrected chi connectivity index (χ2v) is 6.85. The Bertz CT molecular complexity index is 804. The van der Waals surface area contributed by atoms with Crippen LogP contribution in [0.2, 0.25) is 0 Å². The van der Waals surface area contributed by atoms with Gasteiger partial charge in [-0.15, -0.1) is 11.3 Å². The lowest BCUT2D eigenvalue weighted by Gasteiger charge is -2.11. The molecule has 3 N–H and O–H groups in total. The molecule has 0 fully saturated rings. The summed E-state index contributed by atoms with van der Waals surface area (Å²) >= 11 is 2.80. The molecule has 0 saturated heterocycles. The van der Waals surface area contributed by atoms with Gasteiger partial charge in [-0.3, -0.25) is 4.79 Å². The molecule has 1 atom stereocenters. The zero-order chi connectivity index (χ0) is 15.5. The van der Waals surface area contributed by atoms with Gasteiger partial charge in [0.1, 0.15) is 10.6 Å². The van der Waals surface area contributed by atoms with Gasteiger partial charge in [-0.05, 0) is 30.5 Å². The highest BCUT2D eigenvalue weighted by atomic mass is 32.2. The van der Waals surface area contributed by atoms with Gasteiger partial charge in [0.25, 0.3) is 0 Å². The summed E-state index contributed by atoms with van der Waals surface area (Å²) in [7, 11) is 0. The number of benzene rings is 1. The summed E-state index contributed by atoms with van der Waals surface area (Å²) in [5.41, 5.74) is 6.69. The minimum Gasteiger partial charge on any atom is -0.383 e. The maximum atomic E-state index is 12.2. The fraction of sp³-hybridized carbons (Fsp3) is 0.133. The van der Waals surface area contributed by atoms with Crippen LogP contribution in [0.3, 0.4) is 0 Å². The van der Waals surface area contributed by atoms with Crippen molar-refractivity contribution in [3.05, 3.63) is 41.8 Å². The number of carbonyl (C=O) groups is 1. The summed E-state index contributed by atoms with van der Waals surface area (Å²) in [6, 6.07) is 11.3. The minimum atomic E-state index is -0.322. The van der Waals surface area contributed by atoms with Crippen LogP contribution >= 0.6 is 23.1 Å². The molecule has 7 heteroatoms. The van der Waals surface area contributed by atoms with E-state index in [0.717, 1.165) is 15.9 Å². The fourth-order valence-electron chi connectivity index (χ4n) is 1.89. The monoisotopic (exact) mass is 330 g/mol. The molecule has 22 heavy (non-hydrogen) atoms. The summed E-state index contributed by atoms with van der Waals surface area (Å²) in [5.74, 6) is 0.356. The van der Waals surface area contributed by atoms with Gasteiger partial charge in [0.2, 0.25) is 5.91 Å². The summed E-state index contributed by atoms with van der Waals surface area (Å²) < 4.78 is 0. The third kappa shape index (κ3) is 3.20. The molecule has 5 nitrogen and oxygen atoms in total. The van der Waals surface area contributed by atoms with Crippen molar-refractivity contribution in [3.8, 4) is 0 Å². The topological polar surface area (TPSA) is 80.9 Å². The van der Waals surface area contributed by atoms with Crippen molar-refractivity contribution in [1.29, 1.82) is 0 Å². The smallest absolute Gasteiger partial charge is 0.237 e. The number of carbonyl (C=O) groups excluding carboxylic acids is 1. The van der Waals surface area contributed by atoms with Gasteiger partial charge in [-0.1, -0.05) is 30.0 Å². The predicted molar refractivity (Wildman–Crippen MR) is 92.2 cm³/mol. The van der Waals surface area contributed by atoms with E-state index < -0.39 is 0 Å². The molecule has 2 aromatic heterocycles. The molecule has 0 unspecified atom stereocenters. The Morgan fingerprint density at radius 2 is 2.05 bits per heavy atom. The van der Waals surface area contributed by atoms with E-state index in [4.69, 9.17) is 5.73 Å². The maximum absolute atomic E-state index is 12.2. The molecule has 0 bridgehead atoms. The summed E-state index contributed by atoms with van der Waals surface area (Å²) in [4.78, 5) is 21.7. The number of thiophene rings is 1. The number of nitrogen functional groups attached to an aromatic ring is 1. The van der Waals surface area contributed by atoms with Gasteiger partial charge < -0.3 is 11.1 Å². The van der Waals surface area contributed by atoms with Crippen molar-refractivity contribution in [2.75, 3.05) is 11.1 Å².